The first-order valence-corrected chi connectivity index (χ1v) is 9.85. The Bertz CT molecular complexity index is 1040. The topological polar surface area (TPSA) is 58.7 Å². The number of carbonyl (C=O) groups excluding carboxylic acids is 1. The van der Waals surface area contributed by atoms with Crippen molar-refractivity contribution in [1.29, 1.82) is 0 Å². The lowest BCUT2D eigenvalue weighted by Gasteiger charge is -2.15. The number of nitrogens with zero attached hydrogens (tertiary/aromatic N) is 3. The van der Waals surface area contributed by atoms with Crippen LogP contribution in [0.1, 0.15) is 23.9 Å². The van der Waals surface area contributed by atoms with Crippen LogP contribution in [-0.2, 0) is 4.79 Å². The molecule has 0 N–H and O–H groups in total. The van der Waals surface area contributed by atoms with Gasteiger partial charge in [0.1, 0.15) is 11.4 Å². The summed E-state index contributed by atoms with van der Waals surface area (Å²) in [5, 5.41) is 4.50. The van der Waals surface area contributed by atoms with Crippen LogP contribution in [0.2, 0.25) is 0 Å². The van der Waals surface area contributed by atoms with Gasteiger partial charge in [-0.15, -0.1) is 0 Å². The summed E-state index contributed by atoms with van der Waals surface area (Å²) in [4.78, 5) is 19.2. The van der Waals surface area contributed by atoms with Crippen molar-refractivity contribution in [2.24, 2.45) is 4.99 Å². The van der Waals surface area contributed by atoms with E-state index in [1.165, 1.54) is 11.8 Å². The number of benzene rings is 2. The van der Waals surface area contributed by atoms with E-state index in [-0.39, 0.29) is 11.2 Å². The first-order valence-electron chi connectivity index (χ1n) is 8.97. The fourth-order valence-corrected chi connectivity index (χ4v) is 3.90. The van der Waals surface area contributed by atoms with Crippen molar-refractivity contribution in [1.82, 2.24) is 5.16 Å². The van der Waals surface area contributed by atoms with E-state index in [1.807, 2.05) is 86.7 Å². The van der Waals surface area contributed by atoms with Crippen LogP contribution in [-0.4, -0.2) is 21.5 Å². The number of hydrogen-bond donors (Lipinski definition) is 0. The van der Waals surface area contributed by atoms with E-state index in [9.17, 15) is 4.79 Å². The molecule has 140 valence electrons. The van der Waals surface area contributed by atoms with Crippen LogP contribution in [0.5, 0.6) is 0 Å². The lowest BCUT2D eigenvalue weighted by Crippen LogP contribution is -2.32. The molecule has 2 heterocycles. The predicted molar refractivity (Wildman–Crippen MR) is 115 cm³/mol. The van der Waals surface area contributed by atoms with Gasteiger partial charge in [-0.3, -0.25) is 9.69 Å². The molecule has 0 spiro atoms. The van der Waals surface area contributed by atoms with E-state index in [2.05, 4.69) is 10.1 Å². The molecule has 0 bridgehead atoms. The summed E-state index contributed by atoms with van der Waals surface area (Å²) in [6.45, 7) is 3.72. The van der Waals surface area contributed by atoms with Crippen molar-refractivity contribution >= 4 is 46.4 Å². The summed E-state index contributed by atoms with van der Waals surface area (Å²) >= 11 is 1.44. The van der Waals surface area contributed by atoms with Crippen LogP contribution in [0.4, 0.5) is 11.4 Å². The zero-order chi connectivity index (χ0) is 19.5. The number of aliphatic imine (C=N–C) groups is 1. The molecule has 0 saturated carbocycles. The van der Waals surface area contributed by atoms with Crippen molar-refractivity contribution in [3.63, 3.8) is 0 Å². The molecule has 1 saturated heterocycles. The Balaban J connectivity index is 1.74. The van der Waals surface area contributed by atoms with Crippen LogP contribution >= 0.6 is 11.8 Å². The van der Waals surface area contributed by atoms with E-state index in [0.29, 0.717) is 22.3 Å². The van der Waals surface area contributed by atoms with Crippen LogP contribution in [0, 0.1) is 6.92 Å². The third-order valence-electron chi connectivity index (χ3n) is 4.33. The van der Waals surface area contributed by atoms with Gasteiger partial charge >= 0.3 is 0 Å². The van der Waals surface area contributed by atoms with Gasteiger partial charge in [-0.2, -0.15) is 0 Å². The third-order valence-corrected chi connectivity index (χ3v) is 5.37. The molecule has 1 unspecified atom stereocenters. The largest absolute Gasteiger partial charge is 0.354 e. The Morgan fingerprint density at radius 3 is 2.46 bits per heavy atom. The normalized spacial score (nSPS) is 18.5. The van der Waals surface area contributed by atoms with E-state index in [0.717, 1.165) is 11.3 Å². The second kappa shape index (κ2) is 7.86. The molecule has 1 aliphatic heterocycles. The number of aryl methyl sites for hydroxylation is 1. The highest BCUT2D eigenvalue weighted by Crippen LogP contribution is 2.37. The van der Waals surface area contributed by atoms with Crippen LogP contribution in [0.3, 0.4) is 0 Å². The van der Waals surface area contributed by atoms with Gasteiger partial charge < -0.3 is 4.52 Å². The Hall–Kier alpha value is -3.12. The summed E-state index contributed by atoms with van der Waals surface area (Å²) in [5.74, 6) is 0.505. The van der Waals surface area contributed by atoms with E-state index < -0.39 is 0 Å². The monoisotopic (exact) mass is 389 g/mol. The number of thioether (sulfide) groups is 1. The fourth-order valence-electron chi connectivity index (χ4n) is 2.93. The van der Waals surface area contributed by atoms with Gasteiger partial charge in [0.25, 0.3) is 0 Å². The van der Waals surface area contributed by atoms with Crippen molar-refractivity contribution < 1.29 is 9.32 Å². The highest BCUT2D eigenvalue weighted by atomic mass is 32.2. The zero-order valence-corrected chi connectivity index (χ0v) is 16.4. The number of anilines is 1. The van der Waals surface area contributed by atoms with Crippen molar-refractivity contribution in [2.45, 2.75) is 19.1 Å². The maximum Gasteiger partial charge on any atom is 0.246 e. The molecular weight excluding hydrogens is 370 g/mol. The first kappa shape index (κ1) is 18.3. The second-order valence-electron chi connectivity index (χ2n) is 6.39. The summed E-state index contributed by atoms with van der Waals surface area (Å²) < 4.78 is 5.52. The van der Waals surface area contributed by atoms with Crippen LogP contribution in [0.15, 0.2) is 70.2 Å². The summed E-state index contributed by atoms with van der Waals surface area (Å²) in [6.07, 6.45) is 3.78. The molecule has 4 rings (SSSR count). The number of hydrogen-bond acceptors (Lipinski definition) is 5. The number of amides is 1. The third kappa shape index (κ3) is 3.64. The lowest BCUT2D eigenvalue weighted by molar-refractivity contribution is -0.116. The Kier molecular flexibility index (Phi) is 5.12. The standard InChI is InChI=1S/C22H19N3O2S/c1-15-20(19(27-24-15)14-13-17-9-5-3-6-10-17)25-21(26)16(2)28-22(25)23-18-11-7-4-8-12-18/h3-14,16H,1-2H3/b14-13+,23-22?. The maximum absolute atomic E-state index is 12.9. The second-order valence-corrected chi connectivity index (χ2v) is 7.70. The van der Waals surface area contributed by atoms with Gasteiger partial charge in [-0.1, -0.05) is 71.5 Å². The van der Waals surface area contributed by atoms with Crippen molar-refractivity contribution in [3.05, 3.63) is 77.7 Å². The minimum Gasteiger partial charge on any atom is -0.354 e. The number of carbonyl (C=O) groups is 1. The molecule has 5 nitrogen and oxygen atoms in total. The number of aromatic nitrogens is 1. The van der Waals surface area contributed by atoms with Crippen LogP contribution < -0.4 is 4.90 Å². The molecule has 28 heavy (non-hydrogen) atoms. The smallest absolute Gasteiger partial charge is 0.246 e. The van der Waals surface area contributed by atoms with Gasteiger partial charge in [0.15, 0.2) is 10.9 Å². The number of para-hydroxylation sites is 1. The van der Waals surface area contributed by atoms with Gasteiger partial charge in [-0.25, -0.2) is 4.99 Å². The highest BCUT2D eigenvalue weighted by molar-refractivity contribution is 8.16. The minimum absolute atomic E-state index is 0.0275. The molecule has 1 amide bonds. The Morgan fingerprint density at radius 1 is 1.07 bits per heavy atom. The molecule has 1 fully saturated rings. The quantitative estimate of drug-likeness (QED) is 0.607. The molecule has 1 atom stereocenters. The number of rotatable bonds is 4. The zero-order valence-electron chi connectivity index (χ0n) is 15.6. The van der Waals surface area contributed by atoms with E-state index in [1.54, 1.807) is 4.90 Å². The molecule has 0 aliphatic carbocycles. The van der Waals surface area contributed by atoms with Crippen molar-refractivity contribution in [2.75, 3.05) is 4.90 Å². The molecule has 1 aliphatic rings. The molecule has 6 heteroatoms. The predicted octanol–water partition coefficient (Wildman–Crippen LogP) is 5.31. The molecular formula is C22H19N3O2S. The maximum atomic E-state index is 12.9. The summed E-state index contributed by atoms with van der Waals surface area (Å²) in [6, 6.07) is 19.5. The Morgan fingerprint density at radius 2 is 1.75 bits per heavy atom. The average molecular weight is 389 g/mol. The highest BCUT2D eigenvalue weighted by Gasteiger charge is 2.39. The molecule has 1 aromatic heterocycles. The molecule has 3 aromatic rings. The fraction of sp³-hybridized carbons (Fsp3) is 0.136. The van der Waals surface area contributed by atoms with Gasteiger partial charge in [0, 0.05) is 0 Å². The van der Waals surface area contributed by atoms with E-state index >= 15 is 0 Å². The summed E-state index contributed by atoms with van der Waals surface area (Å²) in [5.41, 5.74) is 3.13. The minimum atomic E-state index is -0.220. The van der Waals surface area contributed by atoms with E-state index in [4.69, 9.17) is 4.52 Å². The number of amidine groups is 1. The molecule has 2 aromatic carbocycles. The molecule has 0 radical (unpaired) electrons. The van der Waals surface area contributed by atoms with Gasteiger partial charge in [-0.05, 0) is 37.6 Å². The SMILES string of the molecule is Cc1noc(/C=C/c2ccccc2)c1N1C(=O)C(C)SC1=Nc1ccccc1. The Labute approximate surface area is 167 Å². The first-order chi connectivity index (χ1) is 13.6. The summed E-state index contributed by atoms with van der Waals surface area (Å²) in [7, 11) is 0. The van der Waals surface area contributed by atoms with Crippen molar-refractivity contribution in [3.8, 4) is 0 Å². The van der Waals surface area contributed by atoms with Crippen LogP contribution in [0.25, 0.3) is 12.2 Å². The average Bonchev–Trinajstić information content (AvgIpc) is 3.20. The lowest BCUT2D eigenvalue weighted by atomic mass is 10.2. The van der Waals surface area contributed by atoms with Gasteiger partial charge in [0.05, 0.1) is 10.9 Å². The van der Waals surface area contributed by atoms with Gasteiger partial charge in [0.2, 0.25) is 5.91 Å².